The number of nitrogens with zero attached hydrogens (tertiary/aromatic N) is 2. The number of carbonyl (C=O) groups is 2. The first-order valence-electron chi connectivity index (χ1n) is 10.9. The third kappa shape index (κ3) is 2.92. The molecule has 5 rings (SSSR count). The van der Waals surface area contributed by atoms with Gasteiger partial charge in [-0.1, -0.05) is 43.3 Å². The zero-order valence-electron chi connectivity index (χ0n) is 18.1. The van der Waals surface area contributed by atoms with Crippen molar-refractivity contribution in [3.05, 3.63) is 65.4 Å². The van der Waals surface area contributed by atoms with Gasteiger partial charge in [0.15, 0.2) is 0 Å². The summed E-state index contributed by atoms with van der Waals surface area (Å²) < 4.78 is 5.66. The Labute approximate surface area is 181 Å². The van der Waals surface area contributed by atoms with Crippen LogP contribution in [0.15, 0.2) is 48.5 Å². The number of carbonyl (C=O) groups excluding carboxylic acids is 2. The molecule has 1 N–H and O–H groups in total. The van der Waals surface area contributed by atoms with E-state index in [1.165, 1.54) is 0 Å². The van der Waals surface area contributed by atoms with Crippen molar-refractivity contribution >= 4 is 22.7 Å². The molecule has 1 saturated heterocycles. The molecule has 3 heterocycles. The molecule has 0 bridgehead atoms. The quantitative estimate of drug-likeness (QED) is 0.705. The van der Waals surface area contributed by atoms with Crippen molar-refractivity contribution in [2.24, 2.45) is 0 Å². The number of ether oxygens (including phenoxy) is 1. The van der Waals surface area contributed by atoms with Crippen LogP contribution in [0.5, 0.6) is 5.75 Å². The second-order valence-electron chi connectivity index (χ2n) is 8.45. The van der Waals surface area contributed by atoms with Gasteiger partial charge < -0.3 is 19.5 Å². The van der Waals surface area contributed by atoms with E-state index in [-0.39, 0.29) is 24.4 Å². The summed E-state index contributed by atoms with van der Waals surface area (Å²) in [4.78, 5) is 34.2. The van der Waals surface area contributed by atoms with Gasteiger partial charge in [0.25, 0.3) is 0 Å². The van der Waals surface area contributed by atoms with Gasteiger partial charge in [0.2, 0.25) is 11.8 Å². The van der Waals surface area contributed by atoms with E-state index < -0.39 is 12.1 Å². The molecule has 3 atom stereocenters. The third-order valence-electron chi connectivity index (χ3n) is 6.85. The predicted octanol–water partition coefficient (Wildman–Crippen LogP) is 3.66. The molecule has 31 heavy (non-hydrogen) atoms. The Hall–Kier alpha value is -3.28. The van der Waals surface area contributed by atoms with Gasteiger partial charge in [-0.2, -0.15) is 0 Å². The molecule has 2 amide bonds. The second kappa shape index (κ2) is 7.45. The van der Waals surface area contributed by atoms with E-state index in [4.69, 9.17) is 4.74 Å². The summed E-state index contributed by atoms with van der Waals surface area (Å²) in [6, 6.07) is 15.0. The molecule has 1 aromatic heterocycles. The number of amides is 2. The zero-order chi connectivity index (χ0) is 21.7. The van der Waals surface area contributed by atoms with Crippen LogP contribution in [-0.2, 0) is 16.0 Å². The van der Waals surface area contributed by atoms with Gasteiger partial charge >= 0.3 is 0 Å². The molecule has 3 aromatic rings. The molecule has 160 valence electrons. The minimum atomic E-state index is -0.517. The highest BCUT2D eigenvalue weighted by Crippen LogP contribution is 2.44. The first-order chi connectivity index (χ1) is 15.0. The fourth-order valence-electron chi connectivity index (χ4n) is 5.10. The Morgan fingerprint density at radius 3 is 2.65 bits per heavy atom. The number of nitrogens with one attached hydrogen (secondary N) is 1. The van der Waals surface area contributed by atoms with Crippen molar-refractivity contribution in [3.63, 3.8) is 0 Å². The highest BCUT2D eigenvalue weighted by Gasteiger charge is 2.49. The van der Waals surface area contributed by atoms with E-state index in [9.17, 15) is 9.59 Å². The number of H-pyrrole nitrogens is 1. The van der Waals surface area contributed by atoms with Crippen LogP contribution in [0, 0.1) is 0 Å². The standard InChI is InChI=1S/C25H27N3O3/c1-4-15(2)27-14-22(29)28-20(25(27)30)13-18-16-9-5-7-11-19(16)26-23(18)24(28)17-10-6-8-12-21(17)31-3/h5-12,15,20,24,26H,4,13-14H2,1-3H3/t15-,20+,24+/m1/s1. The van der Waals surface area contributed by atoms with E-state index in [0.717, 1.165) is 34.1 Å². The van der Waals surface area contributed by atoms with E-state index in [2.05, 4.69) is 11.1 Å². The van der Waals surface area contributed by atoms with Crippen molar-refractivity contribution < 1.29 is 14.3 Å². The molecule has 2 aliphatic heterocycles. The Bertz CT molecular complexity index is 1170. The Morgan fingerprint density at radius 1 is 1.13 bits per heavy atom. The van der Waals surface area contributed by atoms with Gasteiger partial charge in [0, 0.05) is 34.6 Å². The van der Waals surface area contributed by atoms with Crippen molar-refractivity contribution in [3.8, 4) is 5.75 Å². The van der Waals surface area contributed by atoms with Gasteiger partial charge in [-0.3, -0.25) is 9.59 Å². The van der Waals surface area contributed by atoms with E-state index in [1.807, 2.05) is 56.3 Å². The third-order valence-corrected chi connectivity index (χ3v) is 6.85. The molecule has 0 aliphatic carbocycles. The molecule has 0 unspecified atom stereocenters. The number of piperazine rings is 1. The second-order valence-corrected chi connectivity index (χ2v) is 8.45. The monoisotopic (exact) mass is 417 g/mol. The first kappa shape index (κ1) is 19.7. The minimum absolute atomic E-state index is 0.0230. The van der Waals surface area contributed by atoms with Crippen LogP contribution in [0.25, 0.3) is 10.9 Å². The van der Waals surface area contributed by atoms with Crippen molar-refractivity contribution in [2.75, 3.05) is 13.7 Å². The zero-order valence-corrected chi connectivity index (χ0v) is 18.1. The average Bonchev–Trinajstić information content (AvgIpc) is 3.18. The topological polar surface area (TPSA) is 65.6 Å². The number of fused-ring (bicyclic) bond motifs is 4. The van der Waals surface area contributed by atoms with Crippen LogP contribution in [-0.4, -0.2) is 52.3 Å². The summed E-state index contributed by atoms with van der Waals surface area (Å²) >= 11 is 0. The number of para-hydroxylation sites is 2. The molecule has 0 radical (unpaired) electrons. The summed E-state index contributed by atoms with van der Waals surface area (Å²) in [5.74, 6) is 0.720. The van der Waals surface area contributed by atoms with Gasteiger partial charge in [0.05, 0.1) is 7.11 Å². The highest BCUT2D eigenvalue weighted by atomic mass is 16.5. The summed E-state index contributed by atoms with van der Waals surface area (Å²) in [6.07, 6.45) is 1.34. The number of benzene rings is 2. The van der Waals surface area contributed by atoms with Crippen LogP contribution >= 0.6 is 0 Å². The van der Waals surface area contributed by atoms with E-state index in [1.54, 1.807) is 16.9 Å². The number of aromatic nitrogens is 1. The summed E-state index contributed by atoms with van der Waals surface area (Å²) in [6.45, 7) is 4.18. The lowest BCUT2D eigenvalue weighted by molar-refractivity contribution is -0.160. The Kier molecular flexibility index (Phi) is 4.73. The van der Waals surface area contributed by atoms with Gasteiger partial charge in [0.1, 0.15) is 24.4 Å². The van der Waals surface area contributed by atoms with E-state index in [0.29, 0.717) is 12.2 Å². The maximum atomic E-state index is 13.6. The lowest BCUT2D eigenvalue weighted by Gasteiger charge is -2.48. The molecule has 0 saturated carbocycles. The average molecular weight is 418 g/mol. The van der Waals surface area contributed by atoms with Crippen LogP contribution in [0.4, 0.5) is 0 Å². The molecule has 1 fully saturated rings. The number of hydrogen-bond acceptors (Lipinski definition) is 3. The van der Waals surface area contributed by atoms with Crippen molar-refractivity contribution in [2.45, 2.75) is 44.8 Å². The minimum Gasteiger partial charge on any atom is -0.496 e. The van der Waals surface area contributed by atoms with Gasteiger partial charge in [-0.25, -0.2) is 0 Å². The Morgan fingerprint density at radius 2 is 1.87 bits per heavy atom. The maximum Gasteiger partial charge on any atom is 0.246 e. The maximum absolute atomic E-state index is 13.6. The van der Waals surface area contributed by atoms with Gasteiger partial charge in [-0.15, -0.1) is 0 Å². The number of hydrogen-bond donors (Lipinski definition) is 1. The molecule has 6 nitrogen and oxygen atoms in total. The molecule has 2 aliphatic rings. The van der Waals surface area contributed by atoms with Gasteiger partial charge in [-0.05, 0) is 31.0 Å². The smallest absolute Gasteiger partial charge is 0.246 e. The van der Waals surface area contributed by atoms with Crippen LogP contribution in [0.1, 0.15) is 43.1 Å². The largest absolute Gasteiger partial charge is 0.496 e. The Balaban J connectivity index is 1.73. The summed E-state index contributed by atoms with van der Waals surface area (Å²) in [5.41, 5.74) is 3.99. The first-order valence-corrected chi connectivity index (χ1v) is 10.9. The van der Waals surface area contributed by atoms with Crippen molar-refractivity contribution in [1.29, 1.82) is 0 Å². The normalized spacial score (nSPS) is 21.8. The predicted molar refractivity (Wildman–Crippen MR) is 119 cm³/mol. The van der Waals surface area contributed by atoms with Crippen LogP contribution in [0.3, 0.4) is 0 Å². The van der Waals surface area contributed by atoms with Crippen LogP contribution < -0.4 is 4.74 Å². The van der Waals surface area contributed by atoms with E-state index >= 15 is 0 Å². The molecule has 2 aromatic carbocycles. The fraction of sp³-hybridized carbons (Fsp3) is 0.360. The number of rotatable bonds is 4. The highest BCUT2D eigenvalue weighted by molar-refractivity contribution is 5.98. The fourth-order valence-corrected chi connectivity index (χ4v) is 5.10. The lowest BCUT2D eigenvalue weighted by atomic mass is 9.85. The lowest BCUT2D eigenvalue weighted by Crippen LogP contribution is -2.64. The molecular formula is C25H27N3O3. The molecular weight excluding hydrogens is 390 g/mol. The summed E-state index contributed by atoms with van der Waals surface area (Å²) in [7, 11) is 1.64. The molecule has 6 heteroatoms. The SMILES string of the molecule is CC[C@@H](C)N1CC(=O)N2[C@@H](c3ccccc3OC)c3[nH]c4ccccc4c3C[C@H]2C1=O. The summed E-state index contributed by atoms with van der Waals surface area (Å²) in [5, 5.41) is 1.11. The number of aromatic amines is 1. The van der Waals surface area contributed by atoms with Crippen LogP contribution in [0.2, 0.25) is 0 Å². The number of methoxy groups -OCH3 is 1. The van der Waals surface area contributed by atoms with Crippen molar-refractivity contribution in [1.82, 2.24) is 14.8 Å². The molecule has 0 spiro atoms.